The molecule has 160 valence electrons. The highest BCUT2D eigenvalue weighted by atomic mass is 35.5. The first-order valence-corrected chi connectivity index (χ1v) is 10.1. The fraction of sp³-hybridized carbons (Fsp3) is 0.348. The van der Waals surface area contributed by atoms with E-state index in [9.17, 15) is 14.7 Å². The van der Waals surface area contributed by atoms with E-state index in [4.69, 9.17) is 21.7 Å². The number of carbonyl (C=O) groups excluding carboxylic acids is 2. The molecular weight excluding hydrogens is 404 g/mol. The molecule has 2 aromatic carbocycles. The predicted molar refractivity (Wildman–Crippen MR) is 118 cm³/mol. The number of amides is 1. The van der Waals surface area contributed by atoms with Crippen LogP contribution < -0.4 is 4.90 Å². The number of nitrogens with zero attached hydrogens (tertiary/aromatic N) is 1. The van der Waals surface area contributed by atoms with Crippen LogP contribution in [0.4, 0.5) is 5.69 Å². The summed E-state index contributed by atoms with van der Waals surface area (Å²) >= 11 is 6.19. The molecule has 0 aromatic heterocycles. The Hall–Kier alpha value is -2.70. The van der Waals surface area contributed by atoms with Crippen LogP contribution in [0.1, 0.15) is 44.7 Å². The van der Waals surface area contributed by atoms with Crippen LogP contribution in [0, 0.1) is 5.41 Å². The van der Waals surface area contributed by atoms with Crippen LogP contribution >= 0.6 is 11.6 Å². The highest BCUT2D eigenvalue weighted by Crippen LogP contribution is 2.28. The standard InChI is InChI=1S/C23H27ClN2O4/c1-4-30-21(28)12-13-26(20(27)15-23(2,3)29)19-11-10-17(24)14-18(19)22(25)16-8-6-5-7-9-16/h5-11,14,25,29H,4,12-13,15H2,1-3H3. The summed E-state index contributed by atoms with van der Waals surface area (Å²) in [4.78, 5) is 26.4. The number of hydrogen-bond acceptors (Lipinski definition) is 5. The number of nitrogens with one attached hydrogen (secondary N) is 1. The number of anilines is 1. The summed E-state index contributed by atoms with van der Waals surface area (Å²) in [6, 6.07) is 14.0. The molecule has 30 heavy (non-hydrogen) atoms. The molecule has 1 amide bonds. The molecule has 0 aliphatic rings. The maximum absolute atomic E-state index is 13.0. The van der Waals surface area contributed by atoms with Crippen molar-refractivity contribution in [2.45, 2.75) is 39.2 Å². The van der Waals surface area contributed by atoms with Crippen LogP contribution in [0.2, 0.25) is 5.02 Å². The molecule has 0 radical (unpaired) electrons. The molecular formula is C23H27ClN2O4. The summed E-state index contributed by atoms with van der Waals surface area (Å²) in [5.74, 6) is -0.788. The van der Waals surface area contributed by atoms with Gasteiger partial charge < -0.3 is 14.7 Å². The van der Waals surface area contributed by atoms with Crippen LogP contribution in [-0.2, 0) is 14.3 Å². The van der Waals surface area contributed by atoms with Gasteiger partial charge in [0.05, 0.1) is 36.4 Å². The summed E-state index contributed by atoms with van der Waals surface area (Å²) < 4.78 is 4.99. The van der Waals surface area contributed by atoms with Crippen LogP contribution in [0.25, 0.3) is 0 Å². The third-order valence-corrected chi connectivity index (χ3v) is 4.55. The lowest BCUT2D eigenvalue weighted by molar-refractivity contribution is -0.142. The van der Waals surface area contributed by atoms with Crippen molar-refractivity contribution in [2.24, 2.45) is 0 Å². The van der Waals surface area contributed by atoms with Gasteiger partial charge in [-0.05, 0) is 39.0 Å². The van der Waals surface area contributed by atoms with E-state index in [-0.39, 0.29) is 37.6 Å². The van der Waals surface area contributed by atoms with E-state index in [0.29, 0.717) is 21.8 Å². The summed E-state index contributed by atoms with van der Waals surface area (Å²) in [7, 11) is 0. The molecule has 2 aromatic rings. The van der Waals surface area contributed by atoms with Gasteiger partial charge in [0.15, 0.2) is 0 Å². The Morgan fingerprint density at radius 2 is 1.83 bits per heavy atom. The zero-order valence-corrected chi connectivity index (χ0v) is 18.2. The first-order valence-electron chi connectivity index (χ1n) is 9.74. The molecule has 0 aliphatic carbocycles. The number of esters is 1. The second-order valence-corrected chi connectivity index (χ2v) is 7.93. The maximum atomic E-state index is 13.0. The van der Waals surface area contributed by atoms with Crippen molar-refractivity contribution in [3.63, 3.8) is 0 Å². The second-order valence-electron chi connectivity index (χ2n) is 7.49. The molecule has 0 saturated heterocycles. The predicted octanol–water partition coefficient (Wildman–Crippen LogP) is 4.20. The van der Waals surface area contributed by atoms with Gasteiger partial charge in [-0.15, -0.1) is 0 Å². The Kier molecular flexibility index (Phi) is 8.15. The number of aliphatic hydroxyl groups is 1. The fourth-order valence-electron chi connectivity index (χ4n) is 2.99. The van der Waals surface area contributed by atoms with Gasteiger partial charge in [-0.25, -0.2) is 0 Å². The van der Waals surface area contributed by atoms with Crippen LogP contribution in [0.15, 0.2) is 48.5 Å². The van der Waals surface area contributed by atoms with Crippen molar-refractivity contribution < 1.29 is 19.4 Å². The highest BCUT2D eigenvalue weighted by molar-refractivity contribution is 6.31. The van der Waals surface area contributed by atoms with Gasteiger partial charge in [-0.1, -0.05) is 41.9 Å². The number of benzene rings is 2. The number of carbonyl (C=O) groups is 2. The molecule has 0 spiro atoms. The summed E-state index contributed by atoms with van der Waals surface area (Å²) in [5, 5.41) is 19.2. The SMILES string of the molecule is CCOC(=O)CCN(C(=O)CC(C)(C)O)c1ccc(Cl)cc1C(=N)c1ccccc1. The third kappa shape index (κ3) is 6.68. The largest absolute Gasteiger partial charge is 0.466 e. The Morgan fingerprint density at radius 1 is 1.17 bits per heavy atom. The van der Waals surface area contributed by atoms with E-state index >= 15 is 0 Å². The minimum absolute atomic E-state index is 0.00776. The van der Waals surface area contributed by atoms with E-state index in [1.165, 1.54) is 4.90 Å². The van der Waals surface area contributed by atoms with Crippen molar-refractivity contribution in [1.29, 1.82) is 5.41 Å². The molecule has 0 fully saturated rings. The second kappa shape index (κ2) is 10.4. The molecule has 0 unspecified atom stereocenters. The fourth-order valence-corrected chi connectivity index (χ4v) is 3.16. The van der Waals surface area contributed by atoms with E-state index < -0.39 is 11.6 Å². The van der Waals surface area contributed by atoms with E-state index in [0.717, 1.165) is 0 Å². The van der Waals surface area contributed by atoms with Gasteiger partial charge in [0, 0.05) is 22.7 Å². The Bertz CT molecular complexity index is 907. The minimum atomic E-state index is -1.22. The Balaban J connectivity index is 2.47. The van der Waals surface area contributed by atoms with Gasteiger partial charge >= 0.3 is 5.97 Å². The quantitative estimate of drug-likeness (QED) is 0.460. The van der Waals surface area contributed by atoms with Gasteiger partial charge in [0.1, 0.15) is 0 Å². The minimum Gasteiger partial charge on any atom is -0.466 e. The Labute approximate surface area is 181 Å². The molecule has 0 bridgehead atoms. The average molecular weight is 431 g/mol. The van der Waals surface area contributed by atoms with E-state index in [2.05, 4.69) is 0 Å². The lowest BCUT2D eigenvalue weighted by Gasteiger charge is -2.28. The lowest BCUT2D eigenvalue weighted by atomic mass is 9.99. The molecule has 7 heteroatoms. The molecule has 0 aliphatic heterocycles. The molecule has 0 saturated carbocycles. The van der Waals surface area contributed by atoms with Gasteiger partial charge in [0.25, 0.3) is 0 Å². The number of rotatable bonds is 9. The summed E-state index contributed by atoms with van der Waals surface area (Å²) in [5.41, 5.74) is 0.554. The van der Waals surface area contributed by atoms with Gasteiger partial charge in [-0.2, -0.15) is 0 Å². The van der Waals surface area contributed by atoms with Gasteiger partial charge in [0.2, 0.25) is 5.91 Å². The summed E-state index contributed by atoms with van der Waals surface area (Å²) in [6.45, 7) is 5.12. The first kappa shape index (κ1) is 23.6. The molecule has 2 N–H and O–H groups in total. The van der Waals surface area contributed by atoms with E-state index in [1.54, 1.807) is 51.1 Å². The van der Waals surface area contributed by atoms with Crippen molar-refractivity contribution in [2.75, 3.05) is 18.1 Å². The number of halogens is 1. The molecule has 0 heterocycles. The van der Waals surface area contributed by atoms with E-state index in [1.807, 2.05) is 18.2 Å². The first-order chi connectivity index (χ1) is 14.1. The number of ether oxygens (including phenoxy) is 1. The van der Waals surface area contributed by atoms with Crippen molar-refractivity contribution in [3.8, 4) is 0 Å². The van der Waals surface area contributed by atoms with Crippen molar-refractivity contribution >= 4 is 34.9 Å². The normalized spacial score (nSPS) is 11.1. The van der Waals surface area contributed by atoms with Crippen molar-refractivity contribution in [1.82, 2.24) is 0 Å². The van der Waals surface area contributed by atoms with Crippen LogP contribution in [0.5, 0.6) is 0 Å². The maximum Gasteiger partial charge on any atom is 0.307 e. The Morgan fingerprint density at radius 3 is 2.43 bits per heavy atom. The molecule has 0 atom stereocenters. The summed E-state index contributed by atoms with van der Waals surface area (Å²) in [6.07, 6.45) is -0.150. The van der Waals surface area contributed by atoms with Crippen molar-refractivity contribution in [3.05, 3.63) is 64.7 Å². The molecule has 2 rings (SSSR count). The third-order valence-electron chi connectivity index (χ3n) is 4.31. The zero-order valence-electron chi connectivity index (χ0n) is 17.4. The van der Waals surface area contributed by atoms with Crippen LogP contribution in [-0.4, -0.2) is 41.4 Å². The smallest absolute Gasteiger partial charge is 0.307 e. The topological polar surface area (TPSA) is 90.7 Å². The van der Waals surface area contributed by atoms with Gasteiger partial charge in [-0.3, -0.25) is 15.0 Å². The monoisotopic (exact) mass is 430 g/mol. The zero-order chi connectivity index (χ0) is 22.3. The lowest BCUT2D eigenvalue weighted by Crippen LogP contribution is -2.38. The average Bonchev–Trinajstić information content (AvgIpc) is 2.68. The number of hydrogen-bond donors (Lipinski definition) is 2. The molecule has 6 nitrogen and oxygen atoms in total. The van der Waals surface area contributed by atoms with Crippen LogP contribution in [0.3, 0.4) is 0 Å². The highest BCUT2D eigenvalue weighted by Gasteiger charge is 2.27.